The fourth-order valence-electron chi connectivity index (χ4n) is 1.58. The summed E-state index contributed by atoms with van der Waals surface area (Å²) in [5.41, 5.74) is -0.937. The number of hydrogen-bond donors (Lipinski definition) is 4. The first-order valence-electron chi connectivity index (χ1n) is 5.20. The van der Waals surface area contributed by atoms with Gasteiger partial charge < -0.3 is 20.8 Å². The highest BCUT2D eigenvalue weighted by molar-refractivity contribution is 5.96. The van der Waals surface area contributed by atoms with Gasteiger partial charge in [0.25, 0.3) is 5.91 Å². The zero-order valence-corrected chi connectivity index (χ0v) is 9.03. The molecule has 17 heavy (non-hydrogen) atoms. The summed E-state index contributed by atoms with van der Waals surface area (Å²) in [5, 5.41) is 24.5. The van der Waals surface area contributed by atoms with E-state index in [1.165, 1.54) is 6.07 Å². The van der Waals surface area contributed by atoms with E-state index in [1.54, 1.807) is 0 Å². The van der Waals surface area contributed by atoms with Crippen molar-refractivity contribution in [3.8, 4) is 5.75 Å². The number of benzene rings is 1. The van der Waals surface area contributed by atoms with Crippen LogP contribution < -0.4 is 10.6 Å². The SMILES string of the molecule is O=C(NCC1(O)CNC1)c1ccc(F)cc1O. The maximum Gasteiger partial charge on any atom is 0.255 e. The predicted molar refractivity (Wildman–Crippen MR) is 58.2 cm³/mol. The van der Waals surface area contributed by atoms with Gasteiger partial charge in [-0.2, -0.15) is 0 Å². The minimum absolute atomic E-state index is 0.0118. The molecule has 1 aliphatic heterocycles. The van der Waals surface area contributed by atoms with Crippen LogP contribution >= 0.6 is 0 Å². The molecular formula is C11H13FN2O3. The molecule has 0 aromatic heterocycles. The molecule has 5 nitrogen and oxygen atoms in total. The molecule has 1 amide bonds. The van der Waals surface area contributed by atoms with Gasteiger partial charge in [0, 0.05) is 25.7 Å². The van der Waals surface area contributed by atoms with Crippen LogP contribution in [0.3, 0.4) is 0 Å². The lowest BCUT2D eigenvalue weighted by Crippen LogP contribution is -2.64. The van der Waals surface area contributed by atoms with Crippen molar-refractivity contribution in [2.75, 3.05) is 19.6 Å². The second kappa shape index (κ2) is 4.31. The Morgan fingerprint density at radius 3 is 2.76 bits per heavy atom. The molecule has 0 spiro atoms. The molecule has 6 heteroatoms. The van der Waals surface area contributed by atoms with E-state index in [1.807, 2.05) is 0 Å². The highest BCUT2D eigenvalue weighted by Crippen LogP contribution is 2.18. The van der Waals surface area contributed by atoms with Crippen LogP contribution in [-0.2, 0) is 0 Å². The Kier molecular flexibility index (Phi) is 2.99. The molecule has 0 radical (unpaired) electrons. The van der Waals surface area contributed by atoms with E-state index in [-0.39, 0.29) is 12.1 Å². The zero-order chi connectivity index (χ0) is 12.5. The molecule has 1 aromatic carbocycles. The second-order valence-corrected chi connectivity index (χ2v) is 4.17. The molecule has 1 saturated heterocycles. The van der Waals surface area contributed by atoms with E-state index in [9.17, 15) is 19.4 Å². The third-order valence-electron chi connectivity index (χ3n) is 2.69. The minimum Gasteiger partial charge on any atom is -0.507 e. The number of nitrogens with one attached hydrogen (secondary N) is 2. The average molecular weight is 240 g/mol. The Bertz CT molecular complexity index is 446. The Balaban J connectivity index is 1.99. The third kappa shape index (κ3) is 2.54. The number of rotatable bonds is 3. The normalized spacial score (nSPS) is 17.3. The lowest BCUT2D eigenvalue weighted by atomic mass is 9.97. The van der Waals surface area contributed by atoms with Gasteiger partial charge in [-0.25, -0.2) is 4.39 Å². The molecule has 0 saturated carbocycles. The first-order valence-corrected chi connectivity index (χ1v) is 5.20. The van der Waals surface area contributed by atoms with Gasteiger partial charge in [0.1, 0.15) is 17.2 Å². The van der Waals surface area contributed by atoms with Crippen molar-refractivity contribution in [3.63, 3.8) is 0 Å². The molecule has 0 bridgehead atoms. The first kappa shape index (κ1) is 11.8. The van der Waals surface area contributed by atoms with Crippen LogP contribution in [0.5, 0.6) is 5.75 Å². The topological polar surface area (TPSA) is 81.6 Å². The van der Waals surface area contributed by atoms with Crippen molar-refractivity contribution in [2.45, 2.75) is 5.60 Å². The number of carbonyl (C=O) groups is 1. The Labute approximate surface area is 97.3 Å². The lowest BCUT2D eigenvalue weighted by molar-refractivity contribution is -0.00762. The lowest BCUT2D eigenvalue weighted by Gasteiger charge is -2.37. The number of phenols is 1. The van der Waals surface area contributed by atoms with Gasteiger partial charge in [-0.15, -0.1) is 0 Å². The highest BCUT2D eigenvalue weighted by atomic mass is 19.1. The van der Waals surface area contributed by atoms with Crippen LogP contribution in [0.25, 0.3) is 0 Å². The van der Waals surface area contributed by atoms with Gasteiger partial charge in [0.15, 0.2) is 0 Å². The fraction of sp³-hybridized carbons (Fsp3) is 0.364. The summed E-state index contributed by atoms with van der Waals surface area (Å²) >= 11 is 0. The molecule has 1 aromatic rings. The Hall–Kier alpha value is -1.66. The molecule has 0 atom stereocenters. The summed E-state index contributed by atoms with van der Waals surface area (Å²) in [5.74, 6) is -1.56. The van der Waals surface area contributed by atoms with Crippen LogP contribution in [0.2, 0.25) is 0 Å². The van der Waals surface area contributed by atoms with Crippen molar-refractivity contribution in [1.29, 1.82) is 0 Å². The number of aromatic hydroxyl groups is 1. The maximum atomic E-state index is 12.7. The molecule has 0 unspecified atom stereocenters. The van der Waals surface area contributed by atoms with Gasteiger partial charge >= 0.3 is 0 Å². The van der Waals surface area contributed by atoms with Crippen molar-refractivity contribution >= 4 is 5.91 Å². The van der Waals surface area contributed by atoms with E-state index in [4.69, 9.17) is 0 Å². The van der Waals surface area contributed by atoms with Gasteiger partial charge in [-0.05, 0) is 12.1 Å². The van der Waals surface area contributed by atoms with Crippen molar-refractivity contribution in [2.24, 2.45) is 0 Å². The largest absolute Gasteiger partial charge is 0.507 e. The number of amides is 1. The van der Waals surface area contributed by atoms with Gasteiger partial charge in [-0.3, -0.25) is 4.79 Å². The average Bonchev–Trinajstić information content (AvgIpc) is 2.23. The van der Waals surface area contributed by atoms with E-state index in [0.717, 1.165) is 12.1 Å². The van der Waals surface area contributed by atoms with E-state index >= 15 is 0 Å². The molecule has 4 N–H and O–H groups in total. The summed E-state index contributed by atoms with van der Waals surface area (Å²) in [6.07, 6.45) is 0. The quantitative estimate of drug-likeness (QED) is 0.579. The number of halogens is 1. The molecule has 1 heterocycles. The van der Waals surface area contributed by atoms with Crippen LogP contribution in [0.15, 0.2) is 18.2 Å². The highest BCUT2D eigenvalue weighted by Gasteiger charge is 2.34. The van der Waals surface area contributed by atoms with E-state index < -0.39 is 23.1 Å². The van der Waals surface area contributed by atoms with E-state index in [0.29, 0.717) is 13.1 Å². The molecular weight excluding hydrogens is 227 g/mol. The zero-order valence-electron chi connectivity index (χ0n) is 9.03. The third-order valence-corrected chi connectivity index (χ3v) is 2.69. The summed E-state index contributed by atoms with van der Waals surface area (Å²) < 4.78 is 12.7. The first-order chi connectivity index (χ1) is 8.00. The Morgan fingerprint density at radius 1 is 1.53 bits per heavy atom. The van der Waals surface area contributed by atoms with Crippen LogP contribution in [0, 0.1) is 5.82 Å². The standard InChI is InChI=1S/C11H13FN2O3/c12-7-1-2-8(9(15)3-7)10(16)14-6-11(17)4-13-5-11/h1-3,13,15,17H,4-6H2,(H,14,16). The van der Waals surface area contributed by atoms with Crippen molar-refractivity contribution in [3.05, 3.63) is 29.6 Å². The van der Waals surface area contributed by atoms with Gasteiger partial charge in [0.05, 0.1) is 5.56 Å². The molecule has 2 rings (SSSR count). The van der Waals surface area contributed by atoms with Crippen LogP contribution in [0.4, 0.5) is 4.39 Å². The van der Waals surface area contributed by atoms with Crippen LogP contribution in [0.1, 0.15) is 10.4 Å². The number of β-amino-alcohol motifs (C(OH)–C–C–N with tert-alkyl or cyclic N) is 1. The molecule has 1 fully saturated rings. The van der Waals surface area contributed by atoms with Crippen molar-refractivity contribution in [1.82, 2.24) is 10.6 Å². The summed E-state index contributed by atoms with van der Waals surface area (Å²) in [6, 6.07) is 3.16. The Morgan fingerprint density at radius 2 is 2.24 bits per heavy atom. The van der Waals surface area contributed by atoms with Crippen LogP contribution in [-0.4, -0.2) is 41.4 Å². The number of phenolic OH excluding ortho intramolecular Hbond substituents is 1. The monoisotopic (exact) mass is 240 g/mol. The molecule has 92 valence electrons. The minimum atomic E-state index is -0.925. The predicted octanol–water partition coefficient (Wildman–Crippen LogP) is -0.405. The summed E-state index contributed by atoms with van der Waals surface area (Å²) in [4.78, 5) is 11.6. The number of aliphatic hydroxyl groups is 1. The number of carbonyl (C=O) groups excluding carboxylic acids is 1. The van der Waals surface area contributed by atoms with Gasteiger partial charge in [0.2, 0.25) is 0 Å². The second-order valence-electron chi connectivity index (χ2n) is 4.17. The fourth-order valence-corrected chi connectivity index (χ4v) is 1.58. The van der Waals surface area contributed by atoms with Gasteiger partial charge in [-0.1, -0.05) is 0 Å². The molecule has 0 aliphatic carbocycles. The molecule has 1 aliphatic rings. The van der Waals surface area contributed by atoms with E-state index in [2.05, 4.69) is 10.6 Å². The maximum absolute atomic E-state index is 12.7. The number of hydrogen-bond acceptors (Lipinski definition) is 4. The summed E-state index contributed by atoms with van der Waals surface area (Å²) in [7, 11) is 0. The summed E-state index contributed by atoms with van der Waals surface area (Å²) in [6.45, 7) is 0.932. The smallest absolute Gasteiger partial charge is 0.255 e. The van der Waals surface area contributed by atoms with Crippen molar-refractivity contribution < 1.29 is 19.4 Å².